The molecule has 0 aliphatic heterocycles. The molecule has 2 N–H and O–H groups in total. The number of aliphatic hydroxyl groups is 1. The van der Waals surface area contributed by atoms with Crippen molar-refractivity contribution in [3.63, 3.8) is 0 Å². The Morgan fingerprint density at radius 3 is 3.00 bits per heavy atom. The first-order chi connectivity index (χ1) is 7.72. The maximum Gasteiger partial charge on any atom is 0.0474 e. The average Bonchev–Trinajstić information content (AvgIpc) is 2.86. The molecule has 1 aromatic rings. The molecule has 1 aliphatic rings. The highest BCUT2D eigenvalue weighted by molar-refractivity contribution is 7.10. The average molecular weight is 239 g/mol. The Kier molecular flexibility index (Phi) is 4.00. The van der Waals surface area contributed by atoms with E-state index in [1.165, 1.54) is 29.7 Å². The van der Waals surface area contributed by atoms with Gasteiger partial charge in [-0.15, -0.1) is 11.3 Å². The van der Waals surface area contributed by atoms with Crippen LogP contribution in [-0.2, 0) is 0 Å². The number of thiophene rings is 1. The minimum atomic E-state index is 0.327. The van der Waals surface area contributed by atoms with E-state index in [1.54, 1.807) is 0 Å². The topological polar surface area (TPSA) is 32.3 Å². The van der Waals surface area contributed by atoms with Gasteiger partial charge in [0.05, 0.1) is 0 Å². The Hall–Kier alpha value is -0.380. The zero-order valence-corrected chi connectivity index (χ0v) is 10.9. The monoisotopic (exact) mass is 239 g/mol. The van der Waals surface area contributed by atoms with Gasteiger partial charge in [-0.05, 0) is 49.6 Å². The summed E-state index contributed by atoms with van der Waals surface area (Å²) in [6.07, 6.45) is 3.63. The van der Waals surface area contributed by atoms with E-state index in [0.717, 1.165) is 0 Å². The summed E-state index contributed by atoms with van der Waals surface area (Å²) in [5.41, 5.74) is 1.38. The van der Waals surface area contributed by atoms with E-state index >= 15 is 0 Å². The van der Waals surface area contributed by atoms with Crippen molar-refractivity contribution in [3.8, 4) is 0 Å². The molecular weight excluding hydrogens is 218 g/mol. The Morgan fingerprint density at radius 2 is 2.38 bits per heavy atom. The second-order valence-electron chi connectivity index (χ2n) is 4.84. The van der Waals surface area contributed by atoms with Crippen LogP contribution < -0.4 is 5.32 Å². The highest BCUT2D eigenvalue weighted by Gasteiger charge is 2.28. The molecule has 3 atom stereocenters. The normalized spacial score (nSPS) is 27.2. The molecule has 0 radical (unpaired) electrons. The highest BCUT2D eigenvalue weighted by Crippen LogP contribution is 2.29. The summed E-state index contributed by atoms with van der Waals surface area (Å²) < 4.78 is 0. The number of rotatable bonds is 4. The van der Waals surface area contributed by atoms with Crippen LogP contribution in [0.4, 0.5) is 0 Å². The molecule has 0 aromatic carbocycles. The molecule has 0 saturated heterocycles. The molecule has 0 spiro atoms. The van der Waals surface area contributed by atoms with Gasteiger partial charge < -0.3 is 10.4 Å². The smallest absolute Gasteiger partial charge is 0.0474 e. The van der Waals surface area contributed by atoms with E-state index < -0.39 is 0 Å². The SMILES string of the molecule is Cc1ccsc1C(C)NC1CCCC1CO. The van der Waals surface area contributed by atoms with Gasteiger partial charge in [0.1, 0.15) is 0 Å². The number of hydrogen-bond acceptors (Lipinski definition) is 3. The van der Waals surface area contributed by atoms with Crippen LogP contribution >= 0.6 is 11.3 Å². The summed E-state index contributed by atoms with van der Waals surface area (Å²) in [6.45, 7) is 4.72. The Balaban J connectivity index is 1.97. The molecule has 1 saturated carbocycles. The van der Waals surface area contributed by atoms with Crippen molar-refractivity contribution in [3.05, 3.63) is 21.9 Å². The second kappa shape index (κ2) is 5.30. The van der Waals surface area contributed by atoms with Gasteiger partial charge in [0.25, 0.3) is 0 Å². The van der Waals surface area contributed by atoms with Crippen molar-refractivity contribution in [1.82, 2.24) is 5.32 Å². The van der Waals surface area contributed by atoms with Crippen LogP contribution in [0.15, 0.2) is 11.4 Å². The predicted octanol–water partition coefficient (Wildman–Crippen LogP) is 2.87. The first kappa shape index (κ1) is 12.1. The van der Waals surface area contributed by atoms with E-state index in [9.17, 15) is 5.11 Å². The summed E-state index contributed by atoms with van der Waals surface area (Å²) in [4.78, 5) is 1.43. The van der Waals surface area contributed by atoms with E-state index in [-0.39, 0.29) is 0 Å². The van der Waals surface area contributed by atoms with Crippen LogP contribution in [0.2, 0.25) is 0 Å². The Morgan fingerprint density at radius 1 is 1.56 bits per heavy atom. The zero-order valence-electron chi connectivity index (χ0n) is 10.1. The number of hydrogen-bond donors (Lipinski definition) is 2. The molecule has 2 nitrogen and oxygen atoms in total. The molecule has 3 unspecified atom stereocenters. The van der Waals surface area contributed by atoms with Gasteiger partial charge in [-0.3, -0.25) is 0 Å². The second-order valence-corrected chi connectivity index (χ2v) is 5.78. The highest BCUT2D eigenvalue weighted by atomic mass is 32.1. The van der Waals surface area contributed by atoms with Crippen molar-refractivity contribution in [2.75, 3.05) is 6.61 Å². The van der Waals surface area contributed by atoms with Crippen LogP contribution in [0.5, 0.6) is 0 Å². The first-order valence-corrected chi connectivity index (χ1v) is 7.01. The first-order valence-electron chi connectivity index (χ1n) is 6.13. The fourth-order valence-corrected chi connectivity index (χ4v) is 3.64. The Bertz CT molecular complexity index is 336. The van der Waals surface area contributed by atoms with Gasteiger partial charge >= 0.3 is 0 Å². The minimum absolute atomic E-state index is 0.327. The van der Waals surface area contributed by atoms with Gasteiger partial charge in [0.15, 0.2) is 0 Å². The standard InChI is InChI=1S/C13H21NOS/c1-9-6-7-16-13(9)10(2)14-12-5-3-4-11(12)8-15/h6-7,10-12,14-15H,3-5,8H2,1-2H3. The number of aryl methyl sites for hydroxylation is 1. The Labute approximate surface area is 102 Å². The summed E-state index contributed by atoms with van der Waals surface area (Å²) in [6, 6.07) is 3.09. The fraction of sp³-hybridized carbons (Fsp3) is 0.692. The van der Waals surface area contributed by atoms with E-state index in [2.05, 4.69) is 30.6 Å². The summed E-state index contributed by atoms with van der Waals surface area (Å²) in [5.74, 6) is 0.461. The van der Waals surface area contributed by atoms with Crippen molar-refractivity contribution < 1.29 is 5.11 Å². The summed E-state index contributed by atoms with van der Waals surface area (Å²) in [5, 5.41) is 15.1. The summed E-state index contributed by atoms with van der Waals surface area (Å²) >= 11 is 1.82. The third-order valence-corrected chi connectivity index (χ3v) is 4.85. The third kappa shape index (κ3) is 2.47. The third-order valence-electron chi connectivity index (χ3n) is 3.65. The zero-order chi connectivity index (χ0) is 11.5. The van der Waals surface area contributed by atoms with Crippen molar-refractivity contribution in [2.45, 2.75) is 45.2 Å². The van der Waals surface area contributed by atoms with Gasteiger partial charge in [-0.25, -0.2) is 0 Å². The molecule has 3 heteroatoms. The lowest BCUT2D eigenvalue weighted by atomic mass is 10.0. The lowest BCUT2D eigenvalue weighted by molar-refractivity contribution is 0.201. The summed E-state index contributed by atoms with van der Waals surface area (Å²) in [7, 11) is 0. The molecule has 0 bridgehead atoms. The molecule has 90 valence electrons. The largest absolute Gasteiger partial charge is 0.396 e. The number of aliphatic hydroxyl groups excluding tert-OH is 1. The molecule has 1 heterocycles. The van der Waals surface area contributed by atoms with Gasteiger partial charge in [0.2, 0.25) is 0 Å². The van der Waals surface area contributed by atoms with E-state index in [0.29, 0.717) is 24.6 Å². The molecular formula is C13H21NOS. The molecule has 1 fully saturated rings. The fourth-order valence-electron chi connectivity index (χ4n) is 2.70. The van der Waals surface area contributed by atoms with Crippen LogP contribution in [0.25, 0.3) is 0 Å². The molecule has 1 aromatic heterocycles. The molecule has 0 amide bonds. The predicted molar refractivity (Wildman–Crippen MR) is 68.8 cm³/mol. The van der Waals surface area contributed by atoms with Gasteiger partial charge in [-0.2, -0.15) is 0 Å². The van der Waals surface area contributed by atoms with Crippen LogP contribution in [0.3, 0.4) is 0 Å². The number of nitrogens with one attached hydrogen (secondary N) is 1. The van der Waals surface area contributed by atoms with Crippen molar-refractivity contribution in [1.29, 1.82) is 0 Å². The quantitative estimate of drug-likeness (QED) is 0.847. The lowest BCUT2D eigenvalue weighted by Crippen LogP contribution is -2.35. The lowest BCUT2D eigenvalue weighted by Gasteiger charge is -2.23. The van der Waals surface area contributed by atoms with Crippen LogP contribution in [0, 0.1) is 12.8 Å². The van der Waals surface area contributed by atoms with E-state index in [4.69, 9.17) is 0 Å². The van der Waals surface area contributed by atoms with Crippen molar-refractivity contribution in [2.24, 2.45) is 5.92 Å². The van der Waals surface area contributed by atoms with Crippen LogP contribution in [0.1, 0.15) is 42.7 Å². The van der Waals surface area contributed by atoms with E-state index in [1.807, 2.05) is 11.3 Å². The maximum absolute atomic E-state index is 9.30. The molecule has 2 rings (SSSR count). The van der Waals surface area contributed by atoms with Gasteiger partial charge in [0, 0.05) is 23.6 Å². The maximum atomic E-state index is 9.30. The molecule has 16 heavy (non-hydrogen) atoms. The minimum Gasteiger partial charge on any atom is -0.396 e. The van der Waals surface area contributed by atoms with Crippen LogP contribution in [-0.4, -0.2) is 17.8 Å². The van der Waals surface area contributed by atoms with Crippen molar-refractivity contribution >= 4 is 11.3 Å². The molecule has 1 aliphatic carbocycles. The van der Waals surface area contributed by atoms with Gasteiger partial charge in [-0.1, -0.05) is 6.42 Å².